The van der Waals surface area contributed by atoms with Gasteiger partial charge in [-0.25, -0.2) is 9.97 Å². The molecule has 0 saturated carbocycles. The lowest BCUT2D eigenvalue weighted by molar-refractivity contribution is -0.137. The molecule has 4 aromatic rings. The number of alkyl halides is 3. The van der Waals surface area contributed by atoms with Crippen molar-refractivity contribution < 1.29 is 13.2 Å². The number of aromatic nitrogens is 3. The number of nitrogens with one attached hydrogen (secondary N) is 1. The van der Waals surface area contributed by atoms with Crippen molar-refractivity contribution in [1.82, 2.24) is 20.3 Å². The van der Waals surface area contributed by atoms with Crippen molar-refractivity contribution in [3.05, 3.63) is 96.4 Å². The van der Waals surface area contributed by atoms with Crippen LogP contribution in [0.25, 0.3) is 11.3 Å². The molecule has 6 nitrogen and oxygen atoms in total. The zero-order chi connectivity index (χ0) is 25.8. The van der Waals surface area contributed by atoms with Crippen LogP contribution in [0.3, 0.4) is 0 Å². The zero-order valence-corrected chi connectivity index (χ0v) is 20.4. The van der Waals surface area contributed by atoms with E-state index in [1.807, 2.05) is 19.2 Å². The Morgan fingerprint density at radius 3 is 2.24 bits per heavy atom. The monoisotopic (exact) mass is 504 g/mol. The van der Waals surface area contributed by atoms with E-state index in [1.165, 1.54) is 12.1 Å². The number of rotatable bonds is 7. The Bertz CT molecular complexity index is 1300. The van der Waals surface area contributed by atoms with Crippen molar-refractivity contribution in [2.75, 3.05) is 29.9 Å². The highest BCUT2D eigenvalue weighted by molar-refractivity contribution is 5.63. The van der Waals surface area contributed by atoms with Crippen molar-refractivity contribution in [2.45, 2.75) is 25.2 Å². The molecular formula is C28H27F3N6. The number of pyridine rings is 1. The van der Waals surface area contributed by atoms with E-state index in [4.69, 9.17) is 4.98 Å². The van der Waals surface area contributed by atoms with Gasteiger partial charge < -0.3 is 15.1 Å². The van der Waals surface area contributed by atoms with Crippen molar-refractivity contribution in [3.63, 3.8) is 0 Å². The summed E-state index contributed by atoms with van der Waals surface area (Å²) in [5.74, 6) is 0.559. The van der Waals surface area contributed by atoms with Gasteiger partial charge in [-0.1, -0.05) is 24.3 Å². The number of halogens is 3. The summed E-state index contributed by atoms with van der Waals surface area (Å²) in [6.07, 6.45) is 1.79. The number of hydrogen-bond donors (Lipinski definition) is 1. The Morgan fingerprint density at radius 2 is 1.59 bits per heavy atom. The average Bonchev–Trinajstić information content (AvgIpc) is 3.47. The Hall–Kier alpha value is -3.98. The second-order valence-corrected chi connectivity index (χ2v) is 9.02. The SMILES string of the molecule is CN(c1ccncc1)c1ccc(CN(c2nccc(-c3ccc(C(F)(F)F)cc3)n2)[C@H]2CCNC2)cc1. The molecule has 190 valence electrons. The molecule has 0 spiro atoms. The van der Waals surface area contributed by atoms with Gasteiger partial charge in [0.05, 0.1) is 11.3 Å². The first-order valence-electron chi connectivity index (χ1n) is 12.1. The fraction of sp³-hybridized carbons (Fsp3) is 0.250. The minimum Gasteiger partial charge on any atom is -0.345 e. The molecule has 0 amide bonds. The van der Waals surface area contributed by atoms with Gasteiger partial charge in [-0.15, -0.1) is 0 Å². The fourth-order valence-electron chi connectivity index (χ4n) is 4.48. The van der Waals surface area contributed by atoms with Crippen LogP contribution in [-0.2, 0) is 12.7 Å². The maximum atomic E-state index is 13.0. The van der Waals surface area contributed by atoms with E-state index in [0.717, 1.165) is 48.6 Å². The van der Waals surface area contributed by atoms with Gasteiger partial charge in [0.2, 0.25) is 5.95 Å². The summed E-state index contributed by atoms with van der Waals surface area (Å²) in [6.45, 7) is 2.34. The standard InChI is InChI=1S/C28H27F3N6/c1-36(24-10-14-32-15-11-24)23-8-2-20(3-9-23)19-37(25-12-16-33-18-25)27-34-17-13-26(35-27)21-4-6-22(7-5-21)28(29,30)31/h2-11,13-15,17,25,33H,12,16,18-19H2,1H3/t25-/m0/s1. The normalized spacial score (nSPS) is 15.5. The summed E-state index contributed by atoms with van der Waals surface area (Å²) < 4.78 is 39.0. The maximum absolute atomic E-state index is 13.0. The van der Waals surface area contributed by atoms with Crippen molar-refractivity contribution in [1.29, 1.82) is 0 Å². The Balaban J connectivity index is 1.38. The van der Waals surface area contributed by atoms with Gasteiger partial charge in [-0.3, -0.25) is 4.98 Å². The molecule has 1 fully saturated rings. The first-order chi connectivity index (χ1) is 17.9. The van der Waals surface area contributed by atoms with Gasteiger partial charge in [0.1, 0.15) is 0 Å². The van der Waals surface area contributed by atoms with Crippen LogP contribution >= 0.6 is 0 Å². The molecule has 1 aliphatic heterocycles. The van der Waals surface area contributed by atoms with Crippen LogP contribution in [-0.4, -0.2) is 41.1 Å². The minimum absolute atomic E-state index is 0.210. The quantitative estimate of drug-likeness (QED) is 0.349. The van der Waals surface area contributed by atoms with Crippen LogP contribution in [0.1, 0.15) is 17.5 Å². The Labute approximate surface area is 213 Å². The third-order valence-corrected chi connectivity index (χ3v) is 6.61. The highest BCUT2D eigenvalue weighted by Crippen LogP contribution is 2.31. The summed E-state index contributed by atoms with van der Waals surface area (Å²) >= 11 is 0. The maximum Gasteiger partial charge on any atom is 0.416 e. The summed E-state index contributed by atoms with van der Waals surface area (Å²) in [4.78, 5) is 17.6. The van der Waals surface area contributed by atoms with Crippen LogP contribution in [0.4, 0.5) is 30.5 Å². The third-order valence-electron chi connectivity index (χ3n) is 6.61. The molecule has 2 aromatic carbocycles. The van der Waals surface area contributed by atoms with Gasteiger partial charge >= 0.3 is 6.18 Å². The first kappa shape index (κ1) is 24.7. The van der Waals surface area contributed by atoms with Crippen LogP contribution in [0.5, 0.6) is 0 Å². The van der Waals surface area contributed by atoms with E-state index in [0.29, 0.717) is 23.8 Å². The molecular weight excluding hydrogens is 477 g/mol. The van der Waals surface area contributed by atoms with Gasteiger partial charge in [-0.2, -0.15) is 13.2 Å². The molecule has 5 rings (SSSR count). The van der Waals surface area contributed by atoms with Crippen molar-refractivity contribution in [2.24, 2.45) is 0 Å². The van der Waals surface area contributed by atoms with Crippen molar-refractivity contribution >= 4 is 17.3 Å². The second kappa shape index (κ2) is 10.6. The van der Waals surface area contributed by atoms with E-state index in [-0.39, 0.29) is 6.04 Å². The molecule has 2 aromatic heterocycles. The van der Waals surface area contributed by atoms with Crippen LogP contribution in [0.2, 0.25) is 0 Å². The molecule has 0 radical (unpaired) electrons. The summed E-state index contributed by atoms with van der Waals surface area (Å²) in [5.41, 5.74) is 3.75. The van der Waals surface area contributed by atoms with Crippen LogP contribution < -0.4 is 15.1 Å². The van der Waals surface area contributed by atoms with Gasteiger partial charge in [0, 0.05) is 61.7 Å². The van der Waals surface area contributed by atoms with E-state index in [9.17, 15) is 13.2 Å². The largest absolute Gasteiger partial charge is 0.416 e. The molecule has 1 N–H and O–H groups in total. The molecule has 1 atom stereocenters. The van der Waals surface area contributed by atoms with Crippen LogP contribution in [0, 0.1) is 0 Å². The summed E-state index contributed by atoms with van der Waals surface area (Å²) in [6, 6.07) is 19.3. The third kappa shape index (κ3) is 5.72. The number of hydrogen-bond acceptors (Lipinski definition) is 6. The van der Waals surface area contributed by atoms with E-state index in [1.54, 1.807) is 24.7 Å². The summed E-state index contributed by atoms with van der Waals surface area (Å²) in [7, 11) is 2.02. The molecule has 0 unspecified atom stereocenters. The topological polar surface area (TPSA) is 57.2 Å². The predicted molar refractivity (Wildman–Crippen MR) is 139 cm³/mol. The van der Waals surface area contributed by atoms with E-state index < -0.39 is 11.7 Å². The van der Waals surface area contributed by atoms with Crippen molar-refractivity contribution in [3.8, 4) is 11.3 Å². The first-order valence-corrected chi connectivity index (χ1v) is 12.1. The lowest BCUT2D eigenvalue weighted by Gasteiger charge is -2.29. The highest BCUT2D eigenvalue weighted by Gasteiger charge is 2.30. The van der Waals surface area contributed by atoms with E-state index in [2.05, 4.69) is 49.4 Å². The molecule has 9 heteroatoms. The molecule has 37 heavy (non-hydrogen) atoms. The fourth-order valence-corrected chi connectivity index (χ4v) is 4.48. The molecule has 3 heterocycles. The smallest absolute Gasteiger partial charge is 0.345 e. The lowest BCUT2D eigenvalue weighted by atomic mass is 10.1. The zero-order valence-electron chi connectivity index (χ0n) is 20.4. The molecule has 1 aliphatic rings. The lowest BCUT2D eigenvalue weighted by Crippen LogP contribution is -2.37. The molecule has 0 aliphatic carbocycles. The predicted octanol–water partition coefficient (Wildman–Crippen LogP) is 5.69. The second-order valence-electron chi connectivity index (χ2n) is 9.02. The average molecular weight is 505 g/mol. The summed E-state index contributed by atoms with van der Waals surface area (Å²) in [5, 5.41) is 3.40. The minimum atomic E-state index is -4.37. The number of nitrogens with zero attached hydrogens (tertiary/aromatic N) is 5. The van der Waals surface area contributed by atoms with Gasteiger partial charge in [0.25, 0.3) is 0 Å². The van der Waals surface area contributed by atoms with Crippen LogP contribution in [0.15, 0.2) is 85.3 Å². The highest BCUT2D eigenvalue weighted by atomic mass is 19.4. The number of benzene rings is 2. The number of anilines is 3. The Morgan fingerprint density at radius 1 is 0.892 bits per heavy atom. The van der Waals surface area contributed by atoms with Gasteiger partial charge in [-0.05, 0) is 61.0 Å². The van der Waals surface area contributed by atoms with E-state index >= 15 is 0 Å². The molecule has 1 saturated heterocycles. The molecule has 0 bridgehead atoms. The Kier molecular flexibility index (Phi) is 7.05. The van der Waals surface area contributed by atoms with Gasteiger partial charge in [0.15, 0.2) is 0 Å².